The monoisotopic (exact) mass is 175 g/mol. The van der Waals surface area contributed by atoms with Gasteiger partial charge in [0.25, 0.3) is 5.91 Å². The SMILES string of the molecule is C#CC(=O)Nc1cc(C)ccc1O. The van der Waals surface area contributed by atoms with E-state index in [0.717, 1.165) is 5.56 Å². The molecule has 0 aromatic heterocycles. The zero-order chi connectivity index (χ0) is 9.84. The molecule has 0 spiro atoms. The van der Waals surface area contributed by atoms with Crippen LogP contribution >= 0.6 is 0 Å². The van der Waals surface area contributed by atoms with Crippen LogP contribution in [0.5, 0.6) is 5.75 Å². The lowest BCUT2D eigenvalue weighted by molar-refractivity contribution is -0.111. The summed E-state index contributed by atoms with van der Waals surface area (Å²) in [6, 6.07) is 4.88. The number of carbonyl (C=O) groups excluding carboxylic acids is 1. The fourth-order valence-electron chi connectivity index (χ4n) is 0.908. The smallest absolute Gasteiger partial charge is 0.300 e. The maximum Gasteiger partial charge on any atom is 0.300 e. The lowest BCUT2D eigenvalue weighted by Crippen LogP contribution is -2.08. The molecule has 0 aliphatic carbocycles. The lowest BCUT2D eigenvalue weighted by atomic mass is 10.2. The first kappa shape index (κ1) is 9.14. The predicted octanol–water partition coefficient (Wildman–Crippen LogP) is 1.27. The lowest BCUT2D eigenvalue weighted by Gasteiger charge is -2.04. The van der Waals surface area contributed by atoms with Gasteiger partial charge in [-0.05, 0) is 30.5 Å². The molecule has 1 aromatic carbocycles. The Hall–Kier alpha value is -1.95. The molecule has 66 valence electrons. The Bertz CT molecular complexity index is 377. The highest BCUT2D eigenvalue weighted by Gasteiger charge is 2.03. The minimum atomic E-state index is -0.569. The highest BCUT2D eigenvalue weighted by atomic mass is 16.3. The first-order valence-electron chi connectivity index (χ1n) is 3.70. The van der Waals surface area contributed by atoms with Gasteiger partial charge in [0.15, 0.2) is 0 Å². The van der Waals surface area contributed by atoms with Crippen LogP contribution in [0.3, 0.4) is 0 Å². The summed E-state index contributed by atoms with van der Waals surface area (Å²) in [5, 5.41) is 11.7. The van der Waals surface area contributed by atoms with Gasteiger partial charge in [-0.3, -0.25) is 4.79 Å². The summed E-state index contributed by atoms with van der Waals surface area (Å²) in [6.45, 7) is 1.85. The van der Waals surface area contributed by atoms with E-state index in [2.05, 4.69) is 5.32 Å². The summed E-state index contributed by atoms with van der Waals surface area (Å²) >= 11 is 0. The van der Waals surface area contributed by atoms with E-state index < -0.39 is 5.91 Å². The molecule has 1 amide bonds. The third kappa shape index (κ3) is 2.24. The van der Waals surface area contributed by atoms with Crippen LogP contribution in [0.4, 0.5) is 5.69 Å². The van der Waals surface area contributed by atoms with E-state index in [4.69, 9.17) is 6.42 Å². The van der Waals surface area contributed by atoms with Crippen LogP contribution in [-0.4, -0.2) is 11.0 Å². The molecule has 1 rings (SSSR count). The summed E-state index contributed by atoms with van der Waals surface area (Å²) in [5.41, 5.74) is 1.27. The van der Waals surface area contributed by atoms with Crippen molar-refractivity contribution in [2.45, 2.75) is 6.92 Å². The molecule has 0 aliphatic rings. The Kier molecular flexibility index (Phi) is 2.56. The third-order valence-corrected chi connectivity index (χ3v) is 1.53. The molecule has 0 unspecified atom stereocenters. The van der Waals surface area contributed by atoms with Crippen molar-refractivity contribution in [2.75, 3.05) is 5.32 Å². The average molecular weight is 175 g/mol. The van der Waals surface area contributed by atoms with Crippen LogP contribution < -0.4 is 5.32 Å². The highest BCUT2D eigenvalue weighted by Crippen LogP contribution is 2.23. The maximum atomic E-state index is 10.8. The zero-order valence-corrected chi connectivity index (χ0v) is 7.16. The van der Waals surface area contributed by atoms with Gasteiger partial charge >= 0.3 is 0 Å². The number of hydrogen-bond acceptors (Lipinski definition) is 2. The van der Waals surface area contributed by atoms with Crippen LogP contribution in [0.15, 0.2) is 18.2 Å². The van der Waals surface area contributed by atoms with Crippen molar-refractivity contribution in [1.29, 1.82) is 0 Å². The molecule has 0 bridgehead atoms. The van der Waals surface area contributed by atoms with Crippen molar-refractivity contribution in [3.05, 3.63) is 23.8 Å². The molecule has 3 heteroatoms. The Labute approximate surface area is 76.4 Å². The molecule has 13 heavy (non-hydrogen) atoms. The molecular weight excluding hydrogens is 166 g/mol. The van der Waals surface area contributed by atoms with E-state index in [1.165, 1.54) is 6.07 Å². The van der Waals surface area contributed by atoms with Gasteiger partial charge in [0.1, 0.15) is 5.75 Å². The van der Waals surface area contributed by atoms with Crippen molar-refractivity contribution in [3.63, 3.8) is 0 Å². The van der Waals surface area contributed by atoms with Gasteiger partial charge in [-0.25, -0.2) is 0 Å². The number of nitrogens with one attached hydrogen (secondary N) is 1. The number of amides is 1. The first-order chi connectivity index (χ1) is 6.13. The minimum absolute atomic E-state index is 0.00852. The van der Waals surface area contributed by atoms with Crippen LogP contribution in [0.25, 0.3) is 0 Å². The number of phenolic OH excluding ortho intramolecular Hbond substituents is 1. The number of phenols is 1. The van der Waals surface area contributed by atoms with Gasteiger partial charge in [0.2, 0.25) is 0 Å². The summed E-state index contributed by atoms with van der Waals surface area (Å²) in [7, 11) is 0. The number of aromatic hydroxyl groups is 1. The summed E-state index contributed by atoms with van der Waals surface area (Å²) in [5.74, 6) is 1.34. The van der Waals surface area contributed by atoms with Crippen LogP contribution in [0.1, 0.15) is 5.56 Å². The van der Waals surface area contributed by atoms with E-state index in [-0.39, 0.29) is 5.75 Å². The van der Waals surface area contributed by atoms with Crippen molar-refractivity contribution in [3.8, 4) is 18.1 Å². The van der Waals surface area contributed by atoms with Gasteiger partial charge in [0.05, 0.1) is 5.69 Å². The fourth-order valence-corrected chi connectivity index (χ4v) is 0.908. The first-order valence-corrected chi connectivity index (χ1v) is 3.70. The second kappa shape index (κ2) is 3.63. The van der Waals surface area contributed by atoms with Crippen molar-refractivity contribution >= 4 is 11.6 Å². The van der Waals surface area contributed by atoms with Crippen LogP contribution in [-0.2, 0) is 4.79 Å². The molecular formula is C10H9NO2. The highest BCUT2D eigenvalue weighted by molar-refractivity contribution is 6.04. The molecule has 0 heterocycles. The quantitative estimate of drug-likeness (QED) is 0.499. The molecule has 0 saturated heterocycles. The molecule has 1 aromatic rings. The number of aryl methyl sites for hydroxylation is 1. The Morgan fingerprint density at radius 2 is 2.31 bits per heavy atom. The topological polar surface area (TPSA) is 49.3 Å². The number of terminal acetylenes is 1. The average Bonchev–Trinajstić information content (AvgIpc) is 2.11. The van der Waals surface area contributed by atoms with E-state index in [1.54, 1.807) is 12.1 Å². The molecule has 0 fully saturated rings. The summed E-state index contributed by atoms with van der Waals surface area (Å²) in [4.78, 5) is 10.8. The molecule has 3 nitrogen and oxygen atoms in total. The number of carbonyl (C=O) groups is 1. The van der Waals surface area contributed by atoms with E-state index in [9.17, 15) is 9.90 Å². The molecule has 2 N–H and O–H groups in total. The minimum Gasteiger partial charge on any atom is -0.506 e. The van der Waals surface area contributed by atoms with Gasteiger partial charge in [-0.1, -0.05) is 6.07 Å². The van der Waals surface area contributed by atoms with E-state index in [1.807, 2.05) is 12.8 Å². The normalized spacial score (nSPS) is 8.92. The third-order valence-electron chi connectivity index (χ3n) is 1.53. The zero-order valence-electron chi connectivity index (χ0n) is 7.16. The summed E-state index contributed by atoms with van der Waals surface area (Å²) < 4.78 is 0. The summed E-state index contributed by atoms with van der Waals surface area (Å²) in [6.07, 6.45) is 4.86. The second-order valence-electron chi connectivity index (χ2n) is 2.62. The molecule has 0 aliphatic heterocycles. The van der Waals surface area contributed by atoms with E-state index in [0.29, 0.717) is 5.69 Å². The number of rotatable bonds is 1. The van der Waals surface area contributed by atoms with Crippen molar-refractivity contribution in [1.82, 2.24) is 0 Å². The van der Waals surface area contributed by atoms with E-state index >= 15 is 0 Å². The number of hydrogen-bond donors (Lipinski definition) is 2. The van der Waals surface area contributed by atoms with Crippen LogP contribution in [0, 0.1) is 19.3 Å². The molecule has 0 saturated carbocycles. The largest absolute Gasteiger partial charge is 0.506 e. The van der Waals surface area contributed by atoms with Crippen molar-refractivity contribution < 1.29 is 9.90 Å². The molecule has 0 radical (unpaired) electrons. The Morgan fingerprint density at radius 3 is 2.92 bits per heavy atom. The van der Waals surface area contributed by atoms with Crippen LogP contribution in [0.2, 0.25) is 0 Å². The van der Waals surface area contributed by atoms with Gasteiger partial charge in [-0.15, -0.1) is 6.42 Å². The van der Waals surface area contributed by atoms with Gasteiger partial charge < -0.3 is 10.4 Å². The molecule has 0 atom stereocenters. The number of benzene rings is 1. The Morgan fingerprint density at radius 1 is 1.62 bits per heavy atom. The van der Waals surface area contributed by atoms with Gasteiger partial charge in [0, 0.05) is 0 Å². The predicted molar refractivity (Wildman–Crippen MR) is 50.3 cm³/mol. The number of anilines is 1. The standard InChI is InChI=1S/C10H9NO2/c1-3-10(13)11-8-6-7(2)4-5-9(8)12/h1,4-6,12H,2H3,(H,11,13). The van der Waals surface area contributed by atoms with Crippen molar-refractivity contribution in [2.24, 2.45) is 0 Å². The maximum absolute atomic E-state index is 10.8. The fraction of sp³-hybridized carbons (Fsp3) is 0.100. The Balaban J connectivity index is 2.95. The van der Waals surface area contributed by atoms with Gasteiger partial charge in [-0.2, -0.15) is 0 Å². The second-order valence-corrected chi connectivity index (χ2v) is 2.62.